The highest BCUT2D eigenvalue weighted by Crippen LogP contribution is 2.37. The molecule has 0 amide bonds. The summed E-state index contributed by atoms with van der Waals surface area (Å²) in [5.41, 5.74) is 1.43. The molecule has 4 heteroatoms. The highest BCUT2D eigenvalue weighted by Gasteiger charge is 2.18. The van der Waals surface area contributed by atoms with E-state index in [4.69, 9.17) is 4.74 Å². The average Bonchev–Trinajstić information content (AvgIpc) is 2.55. The van der Waals surface area contributed by atoms with Crippen molar-refractivity contribution in [2.45, 2.75) is 26.2 Å². The van der Waals surface area contributed by atoms with Crippen molar-refractivity contribution < 1.29 is 14.6 Å². The molecular formula is C18H21NO3. The normalized spacial score (nSPS) is 15.0. The molecule has 1 saturated heterocycles. The van der Waals surface area contributed by atoms with Crippen LogP contribution in [0.25, 0.3) is 10.8 Å². The van der Waals surface area contributed by atoms with Crippen molar-refractivity contribution >= 4 is 22.4 Å². The second kappa shape index (κ2) is 6.26. The Kier molecular flexibility index (Phi) is 4.18. The van der Waals surface area contributed by atoms with Crippen molar-refractivity contribution in [1.29, 1.82) is 0 Å². The Morgan fingerprint density at radius 2 is 1.95 bits per heavy atom. The van der Waals surface area contributed by atoms with E-state index in [1.54, 1.807) is 19.1 Å². The summed E-state index contributed by atoms with van der Waals surface area (Å²) in [5.74, 6) is -0.00437. The van der Waals surface area contributed by atoms with Crippen LogP contribution < -0.4 is 4.90 Å². The maximum atomic E-state index is 11.9. The van der Waals surface area contributed by atoms with Gasteiger partial charge in [-0.25, -0.2) is 4.79 Å². The zero-order valence-electron chi connectivity index (χ0n) is 12.8. The topological polar surface area (TPSA) is 49.8 Å². The van der Waals surface area contributed by atoms with Gasteiger partial charge in [-0.15, -0.1) is 0 Å². The Labute approximate surface area is 130 Å². The lowest BCUT2D eigenvalue weighted by atomic mass is 10.0. The van der Waals surface area contributed by atoms with Crippen LogP contribution in [0.15, 0.2) is 30.3 Å². The minimum atomic E-state index is -0.308. The Hall–Kier alpha value is -2.23. The molecule has 1 aliphatic heterocycles. The lowest BCUT2D eigenvalue weighted by molar-refractivity contribution is 0.0526. The first-order valence-electron chi connectivity index (χ1n) is 7.88. The van der Waals surface area contributed by atoms with Crippen molar-refractivity contribution in [3.8, 4) is 5.75 Å². The Bertz CT molecular complexity index is 690. The summed E-state index contributed by atoms with van der Waals surface area (Å²) >= 11 is 0. The summed E-state index contributed by atoms with van der Waals surface area (Å²) < 4.78 is 5.05. The van der Waals surface area contributed by atoms with Gasteiger partial charge in [-0.1, -0.05) is 12.1 Å². The van der Waals surface area contributed by atoms with Gasteiger partial charge in [0.2, 0.25) is 0 Å². The lowest BCUT2D eigenvalue weighted by Gasteiger charge is -2.30. The molecule has 2 aromatic rings. The predicted molar refractivity (Wildman–Crippen MR) is 87.6 cm³/mol. The molecule has 0 bridgehead atoms. The molecule has 0 unspecified atom stereocenters. The van der Waals surface area contributed by atoms with E-state index in [1.807, 2.05) is 18.2 Å². The standard InChI is InChI=1S/C18H21NO3/c1-2-22-18(21)14-6-8-15-13(12-14)7-9-16(20)17(15)19-10-4-3-5-11-19/h6-9,12,20H,2-5,10-11H2,1H3. The van der Waals surface area contributed by atoms with Gasteiger partial charge in [0.25, 0.3) is 0 Å². The summed E-state index contributed by atoms with van der Waals surface area (Å²) in [6.07, 6.45) is 3.54. The summed E-state index contributed by atoms with van der Waals surface area (Å²) in [6, 6.07) is 9.07. The smallest absolute Gasteiger partial charge is 0.338 e. The molecule has 0 aromatic heterocycles. The lowest BCUT2D eigenvalue weighted by Crippen LogP contribution is -2.29. The number of phenolic OH excluding ortho intramolecular Hbond substituents is 1. The quantitative estimate of drug-likeness (QED) is 0.878. The summed E-state index contributed by atoms with van der Waals surface area (Å²) in [5, 5.41) is 12.2. The largest absolute Gasteiger partial charge is 0.506 e. The molecule has 116 valence electrons. The fourth-order valence-electron chi connectivity index (χ4n) is 3.09. The number of carbonyl (C=O) groups excluding carboxylic acids is 1. The minimum absolute atomic E-state index is 0.304. The first kappa shape index (κ1) is 14.7. The van der Waals surface area contributed by atoms with Crippen molar-refractivity contribution in [3.63, 3.8) is 0 Å². The SMILES string of the molecule is CCOC(=O)c1ccc2c(N3CCCCC3)c(O)ccc2c1. The molecule has 1 aliphatic rings. The van der Waals surface area contributed by atoms with Gasteiger partial charge in [0.15, 0.2) is 0 Å². The van der Waals surface area contributed by atoms with E-state index in [0.717, 1.165) is 42.4 Å². The average molecular weight is 299 g/mol. The zero-order valence-corrected chi connectivity index (χ0v) is 12.8. The van der Waals surface area contributed by atoms with Gasteiger partial charge in [0, 0.05) is 18.5 Å². The highest BCUT2D eigenvalue weighted by molar-refractivity contribution is 6.01. The van der Waals surface area contributed by atoms with E-state index in [9.17, 15) is 9.90 Å². The zero-order chi connectivity index (χ0) is 15.5. The van der Waals surface area contributed by atoms with Crippen LogP contribution in [0.5, 0.6) is 5.75 Å². The number of piperidine rings is 1. The third-order valence-corrected chi connectivity index (χ3v) is 4.15. The molecule has 1 fully saturated rings. The van der Waals surface area contributed by atoms with Gasteiger partial charge in [0.05, 0.1) is 17.9 Å². The third kappa shape index (κ3) is 2.73. The van der Waals surface area contributed by atoms with E-state index in [2.05, 4.69) is 4.90 Å². The second-order valence-electron chi connectivity index (χ2n) is 5.64. The number of rotatable bonds is 3. The molecule has 2 aromatic carbocycles. The molecule has 0 atom stereocenters. The molecule has 1 N–H and O–H groups in total. The molecule has 0 radical (unpaired) electrons. The number of esters is 1. The number of hydrogen-bond acceptors (Lipinski definition) is 4. The summed E-state index contributed by atoms with van der Waals surface area (Å²) in [4.78, 5) is 14.1. The van der Waals surface area contributed by atoms with Gasteiger partial charge in [-0.3, -0.25) is 0 Å². The first-order valence-corrected chi connectivity index (χ1v) is 7.88. The van der Waals surface area contributed by atoms with E-state index in [0.29, 0.717) is 17.9 Å². The van der Waals surface area contributed by atoms with Crippen LogP contribution in [0.1, 0.15) is 36.5 Å². The number of carbonyl (C=O) groups is 1. The molecule has 0 saturated carbocycles. The fourth-order valence-corrected chi connectivity index (χ4v) is 3.09. The van der Waals surface area contributed by atoms with E-state index in [1.165, 1.54) is 6.42 Å². The molecular weight excluding hydrogens is 278 g/mol. The number of ether oxygens (including phenoxy) is 1. The van der Waals surface area contributed by atoms with E-state index >= 15 is 0 Å². The van der Waals surface area contributed by atoms with Crippen molar-refractivity contribution in [1.82, 2.24) is 0 Å². The van der Waals surface area contributed by atoms with Crippen LogP contribution >= 0.6 is 0 Å². The predicted octanol–water partition coefficient (Wildman–Crippen LogP) is 3.71. The number of phenols is 1. The Morgan fingerprint density at radius 1 is 1.18 bits per heavy atom. The number of anilines is 1. The van der Waals surface area contributed by atoms with E-state index < -0.39 is 0 Å². The van der Waals surface area contributed by atoms with Crippen LogP contribution in [-0.2, 0) is 4.74 Å². The van der Waals surface area contributed by atoms with Gasteiger partial charge in [-0.2, -0.15) is 0 Å². The number of hydrogen-bond donors (Lipinski definition) is 1. The number of nitrogens with zero attached hydrogens (tertiary/aromatic N) is 1. The molecule has 22 heavy (non-hydrogen) atoms. The number of aromatic hydroxyl groups is 1. The van der Waals surface area contributed by atoms with Crippen molar-refractivity contribution in [2.75, 3.05) is 24.6 Å². The number of fused-ring (bicyclic) bond motifs is 1. The van der Waals surface area contributed by atoms with Gasteiger partial charge < -0.3 is 14.7 Å². The molecule has 1 heterocycles. The first-order chi connectivity index (χ1) is 10.7. The van der Waals surface area contributed by atoms with Crippen molar-refractivity contribution in [2.24, 2.45) is 0 Å². The van der Waals surface area contributed by atoms with E-state index in [-0.39, 0.29) is 5.97 Å². The van der Waals surface area contributed by atoms with Crippen LogP contribution in [0.2, 0.25) is 0 Å². The maximum Gasteiger partial charge on any atom is 0.338 e. The van der Waals surface area contributed by atoms with Crippen molar-refractivity contribution in [3.05, 3.63) is 35.9 Å². The van der Waals surface area contributed by atoms with Crippen LogP contribution in [0.3, 0.4) is 0 Å². The molecule has 0 spiro atoms. The summed E-state index contributed by atoms with van der Waals surface area (Å²) in [7, 11) is 0. The van der Waals surface area contributed by atoms with Crippen LogP contribution in [0.4, 0.5) is 5.69 Å². The van der Waals surface area contributed by atoms with Gasteiger partial charge >= 0.3 is 5.97 Å². The van der Waals surface area contributed by atoms with Gasteiger partial charge in [-0.05, 0) is 49.8 Å². The van der Waals surface area contributed by atoms with Crippen LogP contribution in [-0.4, -0.2) is 30.8 Å². The maximum absolute atomic E-state index is 11.9. The fraction of sp³-hybridized carbons (Fsp3) is 0.389. The molecule has 3 rings (SSSR count). The third-order valence-electron chi connectivity index (χ3n) is 4.15. The monoisotopic (exact) mass is 299 g/mol. The Morgan fingerprint density at radius 3 is 2.68 bits per heavy atom. The van der Waals surface area contributed by atoms with Crippen LogP contribution in [0, 0.1) is 0 Å². The second-order valence-corrected chi connectivity index (χ2v) is 5.64. The molecule has 4 nitrogen and oxygen atoms in total. The summed E-state index contributed by atoms with van der Waals surface area (Å²) in [6.45, 7) is 4.09. The highest BCUT2D eigenvalue weighted by atomic mass is 16.5. The molecule has 0 aliphatic carbocycles. The Balaban J connectivity index is 2.04. The number of benzene rings is 2. The van der Waals surface area contributed by atoms with Gasteiger partial charge in [0.1, 0.15) is 5.75 Å². The minimum Gasteiger partial charge on any atom is -0.506 e.